The topological polar surface area (TPSA) is 65.4 Å². The van der Waals surface area contributed by atoms with Crippen LogP contribution >= 0.6 is 0 Å². The number of esters is 1. The van der Waals surface area contributed by atoms with Crippen LogP contribution in [-0.2, 0) is 22.5 Å². The molecule has 5 nitrogen and oxygen atoms in total. The minimum atomic E-state index is -0.515. The Morgan fingerprint density at radius 1 is 1.35 bits per heavy atom. The lowest BCUT2D eigenvalue weighted by molar-refractivity contribution is -0.138. The van der Waals surface area contributed by atoms with Crippen LogP contribution in [0, 0.1) is 0 Å². The summed E-state index contributed by atoms with van der Waals surface area (Å²) >= 11 is 0. The lowest BCUT2D eigenvalue weighted by Gasteiger charge is -2.20. The molecule has 1 heterocycles. The van der Waals surface area contributed by atoms with Crippen LogP contribution in [0.4, 0.5) is 0 Å². The molecule has 0 saturated carbocycles. The number of aromatic nitrogens is 1. The molecule has 0 amide bonds. The number of hydrogen-bond acceptors (Lipinski definition) is 4. The maximum absolute atomic E-state index is 12.0. The standard InChI is InChI=1S/C15H17NO4/c1-3-20-15(19)10(2)9-16-12-5-4-6-13(17)11(12)7-8-14(16)18/h7-8H,2-6,9H2,1H3. The van der Waals surface area contributed by atoms with Gasteiger partial charge in [0.05, 0.1) is 13.2 Å². The van der Waals surface area contributed by atoms with Crippen molar-refractivity contribution in [2.24, 2.45) is 0 Å². The molecule has 0 N–H and O–H groups in total. The Kier molecular flexibility index (Phi) is 4.17. The lowest BCUT2D eigenvalue weighted by Crippen LogP contribution is -2.29. The molecule has 0 aromatic carbocycles. The number of Topliss-reactive ketones (excluding diaryl/α,β-unsaturated/α-hetero) is 1. The van der Waals surface area contributed by atoms with Gasteiger partial charge in [0.25, 0.3) is 5.56 Å². The predicted octanol–water partition coefficient (Wildman–Crippen LogP) is 1.49. The number of nitrogens with zero attached hydrogens (tertiary/aromatic N) is 1. The molecule has 5 heteroatoms. The van der Waals surface area contributed by atoms with Crippen molar-refractivity contribution in [3.63, 3.8) is 0 Å². The van der Waals surface area contributed by atoms with Gasteiger partial charge in [-0.25, -0.2) is 4.79 Å². The Balaban J connectivity index is 2.35. The highest BCUT2D eigenvalue weighted by Gasteiger charge is 2.21. The van der Waals surface area contributed by atoms with Gasteiger partial charge in [-0.3, -0.25) is 9.59 Å². The molecular weight excluding hydrogens is 258 g/mol. The molecule has 0 atom stereocenters. The molecular formula is C15H17NO4. The van der Waals surface area contributed by atoms with Gasteiger partial charge in [0.15, 0.2) is 5.78 Å². The van der Waals surface area contributed by atoms with Crippen molar-refractivity contribution in [3.8, 4) is 0 Å². The minimum absolute atomic E-state index is 0.0433. The Morgan fingerprint density at radius 2 is 2.10 bits per heavy atom. The van der Waals surface area contributed by atoms with Crippen molar-refractivity contribution in [1.82, 2.24) is 4.57 Å². The van der Waals surface area contributed by atoms with Gasteiger partial charge >= 0.3 is 5.97 Å². The van der Waals surface area contributed by atoms with Crippen LogP contribution in [0.15, 0.2) is 29.1 Å². The third kappa shape index (κ3) is 2.71. The number of carbonyl (C=O) groups excluding carboxylic acids is 2. The molecule has 1 aromatic rings. The first-order valence-electron chi connectivity index (χ1n) is 6.65. The summed E-state index contributed by atoms with van der Waals surface area (Å²) in [7, 11) is 0. The van der Waals surface area contributed by atoms with Crippen LogP contribution in [0.25, 0.3) is 0 Å². The molecule has 0 spiro atoms. The van der Waals surface area contributed by atoms with E-state index in [-0.39, 0.29) is 30.1 Å². The van der Waals surface area contributed by atoms with Crippen LogP contribution in [0.1, 0.15) is 35.8 Å². The Bertz CT molecular complexity index is 627. The molecule has 0 aliphatic heterocycles. The molecule has 2 rings (SSSR count). The molecule has 0 bridgehead atoms. The zero-order valence-electron chi connectivity index (χ0n) is 11.5. The van der Waals surface area contributed by atoms with Gasteiger partial charge in [-0.15, -0.1) is 0 Å². The fourth-order valence-electron chi connectivity index (χ4n) is 2.36. The Hall–Kier alpha value is -2.17. The van der Waals surface area contributed by atoms with E-state index in [1.54, 1.807) is 13.0 Å². The first kappa shape index (κ1) is 14.2. The summed E-state index contributed by atoms with van der Waals surface area (Å²) in [5, 5.41) is 0. The second kappa shape index (κ2) is 5.86. The van der Waals surface area contributed by atoms with E-state index in [4.69, 9.17) is 4.74 Å². The largest absolute Gasteiger partial charge is 0.463 e. The van der Waals surface area contributed by atoms with E-state index in [1.807, 2.05) is 0 Å². The zero-order chi connectivity index (χ0) is 14.7. The van der Waals surface area contributed by atoms with Crippen molar-refractivity contribution in [1.29, 1.82) is 0 Å². The molecule has 1 aromatic heterocycles. The first-order valence-corrected chi connectivity index (χ1v) is 6.65. The summed E-state index contributed by atoms with van der Waals surface area (Å²) in [5.41, 5.74) is 1.25. The second-order valence-corrected chi connectivity index (χ2v) is 4.72. The van der Waals surface area contributed by atoms with Crippen molar-refractivity contribution in [2.75, 3.05) is 6.61 Å². The number of ketones is 1. The average molecular weight is 275 g/mol. The van der Waals surface area contributed by atoms with E-state index in [2.05, 4.69) is 6.58 Å². The van der Waals surface area contributed by atoms with Crippen LogP contribution in [-0.4, -0.2) is 22.9 Å². The third-order valence-electron chi connectivity index (χ3n) is 3.33. The second-order valence-electron chi connectivity index (χ2n) is 4.72. The molecule has 1 aliphatic rings. The summed E-state index contributed by atoms with van der Waals surface area (Å²) in [5.74, 6) is -0.471. The number of hydrogen-bond donors (Lipinski definition) is 0. The zero-order valence-corrected chi connectivity index (χ0v) is 11.5. The molecule has 106 valence electrons. The summed E-state index contributed by atoms with van der Waals surface area (Å²) in [6.45, 7) is 5.69. The molecule has 0 saturated heterocycles. The summed E-state index contributed by atoms with van der Waals surface area (Å²) in [6, 6.07) is 2.93. The van der Waals surface area contributed by atoms with Gasteiger partial charge in [0.2, 0.25) is 0 Å². The SMILES string of the molecule is C=C(Cn1c2c(ccc1=O)C(=O)CCC2)C(=O)OCC. The van der Waals surface area contributed by atoms with E-state index in [0.717, 1.165) is 6.42 Å². The van der Waals surface area contributed by atoms with Crippen molar-refractivity contribution >= 4 is 11.8 Å². The maximum Gasteiger partial charge on any atom is 0.335 e. The van der Waals surface area contributed by atoms with Crippen LogP contribution in [0.2, 0.25) is 0 Å². The number of ether oxygens (including phenoxy) is 1. The smallest absolute Gasteiger partial charge is 0.335 e. The van der Waals surface area contributed by atoms with Crippen molar-refractivity contribution in [3.05, 3.63) is 45.9 Å². The average Bonchev–Trinajstić information content (AvgIpc) is 2.42. The highest BCUT2D eigenvalue weighted by Crippen LogP contribution is 2.20. The number of pyridine rings is 1. The highest BCUT2D eigenvalue weighted by atomic mass is 16.5. The van der Waals surface area contributed by atoms with Gasteiger partial charge in [-0.2, -0.15) is 0 Å². The van der Waals surface area contributed by atoms with Crippen molar-refractivity contribution in [2.45, 2.75) is 32.7 Å². The highest BCUT2D eigenvalue weighted by molar-refractivity contribution is 5.98. The van der Waals surface area contributed by atoms with Crippen LogP contribution in [0.3, 0.4) is 0 Å². The van der Waals surface area contributed by atoms with E-state index < -0.39 is 5.97 Å². The van der Waals surface area contributed by atoms with Crippen LogP contribution in [0.5, 0.6) is 0 Å². The Labute approximate surface area is 116 Å². The van der Waals surface area contributed by atoms with Gasteiger partial charge < -0.3 is 9.30 Å². The molecule has 0 radical (unpaired) electrons. The van der Waals surface area contributed by atoms with Crippen LogP contribution < -0.4 is 5.56 Å². The van der Waals surface area contributed by atoms with E-state index in [0.29, 0.717) is 24.1 Å². The predicted molar refractivity (Wildman–Crippen MR) is 73.7 cm³/mol. The third-order valence-corrected chi connectivity index (χ3v) is 3.33. The summed E-state index contributed by atoms with van der Waals surface area (Å²) in [6.07, 6.45) is 1.89. The van der Waals surface area contributed by atoms with E-state index in [9.17, 15) is 14.4 Å². The number of carbonyl (C=O) groups is 2. The lowest BCUT2D eigenvalue weighted by atomic mass is 9.94. The van der Waals surface area contributed by atoms with Gasteiger partial charge in [-0.1, -0.05) is 6.58 Å². The molecule has 0 fully saturated rings. The summed E-state index contributed by atoms with van der Waals surface area (Å²) in [4.78, 5) is 35.4. The van der Waals surface area contributed by atoms with Gasteiger partial charge in [0, 0.05) is 29.3 Å². The van der Waals surface area contributed by atoms with E-state index in [1.165, 1.54) is 10.6 Å². The number of fused-ring (bicyclic) bond motifs is 1. The molecule has 1 aliphatic carbocycles. The molecule has 20 heavy (non-hydrogen) atoms. The fraction of sp³-hybridized carbons (Fsp3) is 0.400. The minimum Gasteiger partial charge on any atom is -0.463 e. The van der Waals surface area contributed by atoms with Gasteiger partial charge in [0.1, 0.15) is 0 Å². The fourth-order valence-corrected chi connectivity index (χ4v) is 2.36. The number of rotatable bonds is 4. The maximum atomic E-state index is 12.0. The molecule has 0 unspecified atom stereocenters. The normalized spacial score (nSPS) is 13.8. The Morgan fingerprint density at radius 3 is 2.80 bits per heavy atom. The van der Waals surface area contributed by atoms with Crippen molar-refractivity contribution < 1.29 is 14.3 Å². The summed E-state index contributed by atoms with van der Waals surface area (Å²) < 4.78 is 6.31. The quantitative estimate of drug-likeness (QED) is 0.617. The van der Waals surface area contributed by atoms with Gasteiger partial charge in [-0.05, 0) is 25.8 Å². The van der Waals surface area contributed by atoms with E-state index >= 15 is 0 Å². The first-order chi connectivity index (χ1) is 9.54. The monoisotopic (exact) mass is 275 g/mol.